The first-order chi connectivity index (χ1) is 11.6. The first-order valence-electron chi connectivity index (χ1n) is 7.77. The van der Waals surface area contributed by atoms with E-state index in [1.807, 2.05) is 60.5 Å². The summed E-state index contributed by atoms with van der Waals surface area (Å²) in [6.07, 6.45) is 1.93. The molecule has 0 saturated carbocycles. The maximum absolute atomic E-state index is 6.05. The van der Waals surface area contributed by atoms with E-state index in [-0.39, 0.29) is 0 Å². The average molecular weight is 343 g/mol. The van der Waals surface area contributed by atoms with Crippen molar-refractivity contribution in [3.05, 3.63) is 89.3 Å². The zero-order valence-corrected chi connectivity index (χ0v) is 14.9. The van der Waals surface area contributed by atoms with Crippen LogP contribution in [-0.4, -0.2) is 20.7 Å². The third-order valence-electron chi connectivity index (χ3n) is 3.59. The fourth-order valence-electron chi connectivity index (χ4n) is 2.29. The van der Waals surface area contributed by atoms with Gasteiger partial charge in [-0.15, -0.1) is 0 Å². The van der Waals surface area contributed by atoms with Gasteiger partial charge in [0, 0.05) is 36.9 Å². The number of anilines is 1. The second kappa shape index (κ2) is 9.16. The van der Waals surface area contributed by atoms with Crippen molar-refractivity contribution in [1.82, 2.24) is 5.32 Å². The lowest BCUT2D eigenvalue weighted by molar-refractivity contribution is 0.282. The Hall–Kier alpha value is -2.23. The van der Waals surface area contributed by atoms with E-state index in [0.29, 0.717) is 17.5 Å². The van der Waals surface area contributed by atoms with Crippen molar-refractivity contribution < 1.29 is 4.74 Å². The Bertz CT molecular complexity index is 698. The average Bonchev–Trinajstić information content (AvgIpc) is 2.60. The second-order valence-corrected chi connectivity index (χ2v) is 5.91. The molecule has 0 aliphatic carbocycles. The maximum Gasteiger partial charge on any atom is 0.193 e. The minimum absolute atomic E-state index is 0.686. The first-order valence-corrected chi connectivity index (χ1v) is 8.15. The lowest BCUT2D eigenvalue weighted by atomic mass is 10.2. The van der Waals surface area contributed by atoms with Gasteiger partial charge in [0.2, 0.25) is 0 Å². The van der Waals surface area contributed by atoms with Gasteiger partial charge in [-0.05, 0) is 29.3 Å². The maximum atomic E-state index is 6.05. The number of hydrogen-bond donors (Lipinski definition) is 1. The minimum Gasteiger partial charge on any atom is -0.482 e. The lowest BCUT2D eigenvalue weighted by Crippen LogP contribution is -2.20. The molecule has 3 nitrogen and oxygen atoms in total. The monoisotopic (exact) mass is 342 g/mol. The molecule has 2 rings (SSSR count). The van der Waals surface area contributed by atoms with Crippen LogP contribution in [0.4, 0.5) is 5.69 Å². The molecule has 126 valence electrons. The van der Waals surface area contributed by atoms with Crippen LogP contribution in [0.25, 0.3) is 0 Å². The highest BCUT2D eigenvalue weighted by Crippen LogP contribution is 2.22. The number of nitrogens with zero attached hydrogens (tertiary/aromatic N) is 1. The number of hydrogen-bond acceptors (Lipinski definition) is 3. The molecule has 0 bridgehead atoms. The van der Waals surface area contributed by atoms with Gasteiger partial charge in [0.05, 0.1) is 7.11 Å². The van der Waals surface area contributed by atoms with Crippen LogP contribution in [0.2, 0.25) is 5.02 Å². The fourth-order valence-corrected chi connectivity index (χ4v) is 2.48. The van der Waals surface area contributed by atoms with Gasteiger partial charge in [-0.2, -0.15) is 0 Å². The Morgan fingerprint density at radius 1 is 1.21 bits per heavy atom. The van der Waals surface area contributed by atoms with E-state index in [1.165, 1.54) is 5.56 Å². The molecule has 2 aromatic rings. The Morgan fingerprint density at radius 2 is 1.96 bits per heavy atom. The molecule has 0 aliphatic rings. The van der Waals surface area contributed by atoms with Crippen molar-refractivity contribution in [3.8, 4) is 0 Å². The van der Waals surface area contributed by atoms with Crippen molar-refractivity contribution in [2.75, 3.05) is 25.6 Å². The standard InChI is InChI=1S/C20H23ClN2O/c1-16(14-22-15-17-8-5-4-6-9-17)12-20(24-3)23(2)19-11-7-10-18(21)13-19/h4-13,22H,1,14-15H2,2-3H3/b20-12+. The highest BCUT2D eigenvalue weighted by molar-refractivity contribution is 6.30. The predicted octanol–water partition coefficient (Wildman–Crippen LogP) is 4.61. The van der Waals surface area contributed by atoms with Crippen LogP contribution in [0.5, 0.6) is 0 Å². The summed E-state index contributed by atoms with van der Waals surface area (Å²) in [6, 6.07) is 17.9. The Labute approximate surface area is 149 Å². The summed E-state index contributed by atoms with van der Waals surface area (Å²) >= 11 is 6.05. The van der Waals surface area contributed by atoms with Gasteiger partial charge >= 0.3 is 0 Å². The number of rotatable bonds is 8. The molecule has 0 spiro atoms. The zero-order valence-electron chi connectivity index (χ0n) is 14.1. The molecule has 1 N–H and O–H groups in total. The molecular formula is C20H23ClN2O. The van der Waals surface area contributed by atoms with Crippen LogP contribution in [-0.2, 0) is 11.3 Å². The highest BCUT2D eigenvalue weighted by Gasteiger charge is 2.08. The van der Waals surface area contributed by atoms with Gasteiger partial charge in [-0.25, -0.2) is 0 Å². The molecule has 24 heavy (non-hydrogen) atoms. The van der Waals surface area contributed by atoms with Crippen LogP contribution in [0.15, 0.2) is 78.7 Å². The molecule has 0 heterocycles. The number of ether oxygens (including phenoxy) is 1. The molecule has 0 aromatic heterocycles. The van der Waals surface area contributed by atoms with E-state index in [0.717, 1.165) is 17.8 Å². The van der Waals surface area contributed by atoms with Gasteiger partial charge in [0.15, 0.2) is 5.88 Å². The summed E-state index contributed by atoms with van der Waals surface area (Å²) in [5.74, 6) is 0.712. The molecule has 0 unspecified atom stereocenters. The molecule has 0 radical (unpaired) electrons. The minimum atomic E-state index is 0.686. The van der Waals surface area contributed by atoms with Crippen molar-refractivity contribution in [2.45, 2.75) is 6.54 Å². The van der Waals surface area contributed by atoms with Crippen LogP contribution in [0, 0.1) is 0 Å². The molecule has 0 fully saturated rings. The third kappa shape index (κ3) is 5.44. The molecule has 0 saturated heterocycles. The number of methoxy groups -OCH3 is 1. The van der Waals surface area contributed by atoms with E-state index < -0.39 is 0 Å². The summed E-state index contributed by atoms with van der Waals surface area (Å²) < 4.78 is 5.50. The predicted molar refractivity (Wildman–Crippen MR) is 102 cm³/mol. The summed E-state index contributed by atoms with van der Waals surface area (Å²) in [6.45, 7) is 5.59. The van der Waals surface area contributed by atoms with Crippen molar-refractivity contribution in [2.24, 2.45) is 0 Å². The summed E-state index contributed by atoms with van der Waals surface area (Å²) in [7, 11) is 3.59. The SMILES string of the molecule is C=C(/C=C(/OC)N(C)c1cccc(Cl)c1)CNCc1ccccc1. The number of halogens is 1. The molecule has 2 aromatic carbocycles. The van der Waals surface area contributed by atoms with Gasteiger partial charge in [-0.3, -0.25) is 0 Å². The Balaban J connectivity index is 1.94. The highest BCUT2D eigenvalue weighted by atomic mass is 35.5. The number of nitrogens with one attached hydrogen (secondary N) is 1. The summed E-state index contributed by atoms with van der Waals surface area (Å²) in [5.41, 5.74) is 3.15. The second-order valence-electron chi connectivity index (χ2n) is 5.47. The Kier molecular flexibility index (Phi) is 6.91. The molecule has 0 atom stereocenters. The van der Waals surface area contributed by atoms with E-state index in [2.05, 4.69) is 24.0 Å². The van der Waals surface area contributed by atoms with E-state index in [9.17, 15) is 0 Å². The third-order valence-corrected chi connectivity index (χ3v) is 3.82. The topological polar surface area (TPSA) is 24.5 Å². The van der Waals surface area contributed by atoms with Gasteiger partial charge in [0.1, 0.15) is 0 Å². The first kappa shape index (κ1) is 18.1. The van der Waals surface area contributed by atoms with Crippen molar-refractivity contribution >= 4 is 17.3 Å². The van der Waals surface area contributed by atoms with Crippen LogP contribution in [0.1, 0.15) is 5.56 Å². The van der Waals surface area contributed by atoms with E-state index in [4.69, 9.17) is 16.3 Å². The quantitative estimate of drug-likeness (QED) is 0.560. The lowest BCUT2D eigenvalue weighted by Gasteiger charge is -2.22. The molecule has 0 amide bonds. The largest absolute Gasteiger partial charge is 0.482 e. The Morgan fingerprint density at radius 3 is 2.62 bits per heavy atom. The van der Waals surface area contributed by atoms with Crippen molar-refractivity contribution in [3.63, 3.8) is 0 Å². The summed E-state index contributed by atoms with van der Waals surface area (Å²) in [4.78, 5) is 1.94. The van der Waals surface area contributed by atoms with Gasteiger partial charge in [-0.1, -0.05) is 54.6 Å². The van der Waals surface area contributed by atoms with Gasteiger partial charge in [0.25, 0.3) is 0 Å². The van der Waals surface area contributed by atoms with Gasteiger partial charge < -0.3 is 15.0 Å². The van der Waals surface area contributed by atoms with Crippen LogP contribution < -0.4 is 10.2 Å². The number of benzene rings is 2. The smallest absolute Gasteiger partial charge is 0.193 e. The molecule has 4 heteroatoms. The van der Waals surface area contributed by atoms with E-state index in [1.54, 1.807) is 7.11 Å². The zero-order chi connectivity index (χ0) is 17.4. The fraction of sp³-hybridized carbons (Fsp3) is 0.200. The summed E-state index contributed by atoms with van der Waals surface area (Å²) in [5, 5.41) is 4.07. The molecular weight excluding hydrogens is 320 g/mol. The van der Waals surface area contributed by atoms with Crippen LogP contribution in [0.3, 0.4) is 0 Å². The van der Waals surface area contributed by atoms with E-state index >= 15 is 0 Å². The van der Waals surface area contributed by atoms with Crippen LogP contribution >= 0.6 is 11.6 Å². The van der Waals surface area contributed by atoms with Crippen molar-refractivity contribution in [1.29, 1.82) is 0 Å². The molecule has 0 aliphatic heterocycles. The normalized spacial score (nSPS) is 11.2.